The lowest BCUT2D eigenvalue weighted by molar-refractivity contribution is 0.436. The van der Waals surface area contributed by atoms with Gasteiger partial charge in [0.15, 0.2) is 5.76 Å². The standard InChI is InChI=1S/C16H9ClN2OS/c17-12-5-6-21-16(12)15-8-14(19-20-15)11-7-10-3-1-2-4-13(10)18-9-11/h1-9H. The van der Waals surface area contributed by atoms with Crippen molar-refractivity contribution in [3.05, 3.63) is 59.1 Å². The zero-order valence-corrected chi connectivity index (χ0v) is 12.4. The van der Waals surface area contributed by atoms with E-state index < -0.39 is 0 Å². The minimum Gasteiger partial charge on any atom is -0.355 e. The molecule has 4 aromatic rings. The molecule has 0 aliphatic heterocycles. The van der Waals surface area contributed by atoms with Gasteiger partial charge in [-0.15, -0.1) is 11.3 Å². The van der Waals surface area contributed by atoms with Crippen LogP contribution in [-0.2, 0) is 0 Å². The molecule has 102 valence electrons. The van der Waals surface area contributed by atoms with E-state index in [2.05, 4.69) is 16.2 Å². The number of rotatable bonds is 2. The molecular formula is C16H9ClN2OS. The van der Waals surface area contributed by atoms with Gasteiger partial charge in [-0.3, -0.25) is 4.98 Å². The van der Waals surface area contributed by atoms with Crippen molar-refractivity contribution in [2.24, 2.45) is 0 Å². The van der Waals surface area contributed by atoms with Crippen molar-refractivity contribution >= 4 is 33.8 Å². The molecular weight excluding hydrogens is 304 g/mol. The highest BCUT2D eigenvalue weighted by Crippen LogP contribution is 2.35. The number of thiophene rings is 1. The number of hydrogen-bond acceptors (Lipinski definition) is 4. The van der Waals surface area contributed by atoms with Gasteiger partial charge in [-0.1, -0.05) is 35.0 Å². The fourth-order valence-corrected chi connectivity index (χ4v) is 3.30. The average Bonchev–Trinajstić information content (AvgIpc) is 3.15. The second-order valence-electron chi connectivity index (χ2n) is 4.59. The Morgan fingerprint density at radius 1 is 1.10 bits per heavy atom. The smallest absolute Gasteiger partial charge is 0.178 e. The Morgan fingerprint density at radius 2 is 2.00 bits per heavy atom. The molecule has 3 nitrogen and oxygen atoms in total. The van der Waals surface area contributed by atoms with Crippen LogP contribution in [0.3, 0.4) is 0 Å². The van der Waals surface area contributed by atoms with Gasteiger partial charge in [0, 0.05) is 23.2 Å². The zero-order valence-electron chi connectivity index (χ0n) is 10.8. The Labute approximate surface area is 129 Å². The average molecular weight is 313 g/mol. The first-order chi connectivity index (χ1) is 10.3. The second-order valence-corrected chi connectivity index (χ2v) is 5.91. The lowest BCUT2D eigenvalue weighted by Crippen LogP contribution is -1.82. The van der Waals surface area contributed by atoms with Crippen molar-refractivity contribution in [3.8, 4) is 21.9 Å². The molecule has 0 radical (unpaired) electrons. The van der Waals surface area contributed by atoms with Crippen LogP contribution in [0.4, 0.5) is 0 Å². The molecule has 0 N–H and O–H groups in total. The predicted octanol–water partition coefficient (Wildman–Crippen LogP) is 5.27. The number of pyridine rings is 1. The molecule has 0 saturated carbocycles. The maximum atomic E-state index is 6.12. The molecule has 3 aromatic heterocycles. The summed E-state index contributed by atoms with van der Waals surface area (Å²) < 4.78 is 5.40. The number of halogens is 1. The van der Waals surface area contributed by atoms with Crippen molar-refractivity contribution in [1.82, 2.24) is 10.1 Å². The fourth-order valence-electron chi connectivity index (χ4n) is 2.20. The van der Waals surface area contributed by atoms with Crippen LogP contribution in [0.15, 0.2) is 58.6 Å². The van der Waals surface area contributed by atoms with E-state index in [0.717, 1.165) is 27.0 Å². The molecule has 0 saturated heterocycles. The van der Waals surface area contributed by atoms with Crippen LogP contribution >= 0.6 is 22.9 Å². The third-order valence-corrected chi connectivity index (χ3v) is 4.59. The maximum Gasteiger partial charge on any atom is 0.178 e. The minimum absolute atomic E-state index is 0.679. The first kappa shape index (κ1) is 12.6. The zero-order chi connectivity index (χ0) is 14.2. The van der Waals surface area contributed by atoms with E-state index in [0.29, 0.717) is 10.8 Å². The van der Waals surface area contributed by atoms with Crippen molar-refractivity contribution < 1.29 is 4.52 Å². The van der Waals surface area contributed by atoms with Crippen LogP contribution in [0.5, 0.6) is 0 Å². The topological polar surface area (TPSA) is 38.9 Å². The summed E-state index contributed by atoms with van der Waals surface area (Å²) in [5, 5.41) is 7.81. The molecule has 0 aliphatic carbocycles. The quantitative estimate of drug-likeness (QED) is 0.506. The molecule has 21 heavy (non-hydrogen) atoms. The monoisotopic (exact) mass is 312 g/mol. The van der Waals surface area contributed by atoms with Gasteiger partial charge in [-0.05, 0) is 23.6 Å². The third-order valence-electron chi connectivity index (χ3n) is 3.24. The minimum atomic E-state index is 0.679. The molecule has 3 heterocycles. The summed E-state index contributed by atoms with van der Waals surface area (Å²) in [4.78, 5) is 5.33. The highest BCUT2D eigenvalue weighted by Gasteiger charge is 2.13. The van der Waals surface area contributed by atoms with Gasteiger partial charge in [-0.25, -0.2) is 0 Å². The van der Waals surface area contributed by atoms with Gasteiger partial charge in [0.2, 0.25) is 0 Å². The first-order valence-electron chi connectivity index (χ1n) is 6.36. The van der Waals surface area contributed by atoms with Gasteiger partial charge in [0.25, 0.3) is 0 Å². The van der Waals surface area contributed by atoms with Crippen LogP contribution in [0, 0.1) is 0 Å². The highest BCUT2D eigenvalue weighted by atomic mass is 35.5. The van der Waals surface area contributed by atoms with Gasteiger partial charge in [0.1, 0.15) is 5.69 Å². The van der Waals surface area contributed by atoms with Crippen molar-refractivity contribution in [3.63, 3.8) is 0 Å². The molecule has 0 amide bonds. The summed E-state index contributed by atoms with van der Waals surface area (Å²) in [7, 11) is 0. The summed E-state index contributed by atoms with van der Waals surface area (Å²) >= 11 is 7.65. The van der Waals surface area contributed by atoms with E-state index in [-0.39, 0.29) is 0 Å². The van der Waals surface area contributed by atoms with Crippen molar-refractivity contribution in [2.75, 3.05) is 0 Å². The van der Waals surface area contributed by atoms with E-state index >= 15 is 0 Å². The predicted molar refractivity (Wildman–Crippen MR) is 85.6 cm³/mol. The van der Waals surface area contributed by atoms with Gasteiger partial charge in [0.05, 0.1) is 15.4 Å². The van der Waals surface area contributed by atoms with Crippen LogP contribution in [0.2, 0.25) is 5.02 Å². The van der Waals surface area contributed by atoms with E-state index in [1.807, 2.05) is 41.8 Å². The summed E-state index contributed by atoms with van der Waals surface area (Å²) in [5.74, 6) is 0.679. The lowest BCUT2D eigenvalue weighted by Gasteiger charge is -1.98. The van der Waals surface area contributed by atoms with Crippen LogP contribution in [0.25, 0.3) is 32.8 Å². The molecule has 0 unspecified atom stereocenters. The number of fused-ring (bicyclic) bond motifs is 1. The molecule has 4 rings (SSSR count). The molecule has 0 fully saturated rings. The Bertz CT molecular complexity index is 929. The third kappa shape index (κ3) is 2.22. The Hall–Kier alpha value is -2.17. The highest BCUT2D eigenvalue weighted by molar-refractivity contribution is 7.14. The molecule has 0 bridgehead atoms. The van der Waals surface area contributed by atoms with Crippen LogP contribution in [-0.4, -0.2) is 10.1 Å². The molecule has 0 spiro atoms. The lowest BCUT2D eigenvalue weighted by atomic mass is 10.1. The summed E-state index contributed by atoms with van der Waals surface area (Å²) in [5.41, 5.74) is 2.65. The van der Waals surface area contributed by atoms with Gasteiger partial charge >= 0.3 is 0 Å². The number of benzene rings is 1. The van der Waals surface area contributed by atoms with E-state index in [1.54, 1.807) is 6.20 Å². The van der Waals surface area contributed by atoms with Gasteiger partial charge in [-0.2, -0.15) is 0 Å². The van der Waals surface area contributed by atoms with Crippen LogP contribution in [0.1, 0.15) is 0 Å². The van der Waals surface area contributed by atoms with Crippen molar-refractivity contribution in [2.45, 2.75) is 0 Å². The molecule has 0 aliphatic rings. The number of aromatic nitrogens is 2. The number of para-hydroxylation sites is 1. The molecule has 0 atom stereocenters. The number of nitrogens with zero attached hydrogens (tertiary/aromatic N) is 2. The Morgan fingerprint density at radius 3 is 2.86 bits per heavy atom. The van der Waals surface area contributed by atoms with E-state index in [9.17, 15) is 0 Å². The Kier molecular flexibility index (Phi) is 2.98. The molecule has 1 aromatic carbocycles. The number of hydrogen-bond donors (Lipinski definition) is 0. The largest absolute Gasteiger partial charge is 0.355 e. The SMILES string of the molecule is Clc1ccsc1-c1cc(-c2cnc3ccccc3c2)no1. The first-order valence-corrected chi connectivity index (χ1v) is 7.62. The second kappa shape index (κ2) is 4.98. The maximum absolute atomic E-state index is 6.12. The van der Waals surface area contributed by atoms with E-state index in [4.69, 9.17) is 16.1 Å². The van der Waals surface area contributed by atoms with Crippen LogP contribution < -0.4 is 0 Å². The normalized spacial score (nSPS) is 11.1. The summed E-state index contributed by atoms with van der Waals surface area (Å²) in [6.45, 7) is 0. The summed E-state index contributed by atoms with van der Waals surface area (Å²) in [6.07, 6.45) is 1.81. The molecule has 5 heteroatoms. The summed E-state index contributed by atoms with van der Waals surface area (Å²) in [6, 6.07) is 13.8. The fraction of sp³-hybridized carbons (Fsp3) is 0. The van der Waals surface area contributed by atoms with E-state index in [1.165, 1.54) is 11.3 Å². The van der Waals surface area contributed by atoms with Gasteiger partial charge < -0.3 is 4.52 Å². The Balaban J connectivity index is 1.79. The van der Waals surface area contributed by atoms with Crippen molar-refractivity contribution in [1.29, 1.82) is 0 Å².